The van der Waals surface area contributed by atoms with Crippen LogP contribution >= 0.6 is 22.6 Å². The first-order chi connectivity index (χ1) is 14.9. The van der Waals surface area contributed by atoms with Gasteiger partial charge in [-0.1, -0.05) is 18.2 Å². The van der Waals surface area contributed by atoms with Gasteiger partial charge < -0.3 is 11.1 Å². The highest BCUT2D eigenvalue weighted by atomic mass is 127. The number of nitrogens with one attached hydrogen (secondary N) is 1. The summed E-state index contributed by atoms with van der Waals surface area (Å²) < 4.78 is 2.94. The number of hydrogen-bond donors (Lipinski definition) is 2. The van der Waals surface area contributed by atoms with Crippen LogP contribution in [0.4, 0.5) is 5.82 Å². The van der Waals surface area contributed by atoms with Crippen molar-refractivity contribution >= 4 is 40.2 Å². The van der Waals surface area contributed by atoms with Gasteiger partial charge in [0.05, 0.1) is 18.0 Å². The number of benzene rings is 1. The molecule has 0 unspecified atom stereocenters. The Balaban J connectivity index is 1.53. The predicted octanol–water partition coefficient (Wildman–Crippen LogP) is 2.84. The molecule has 0 bridgehead atoms. The number of aromatic nitrogens is 2. The zero-order chi connectivity index (χ0) is 22.0. The fourth-order valence-electron chi connectivity index (χ4n) is 4.08. The minimum absolute atomic E-state index is 0.0111. The average Bonchev–Trinajstić information content (AvgIpc) is 3.51. The van der Waals surface area contributed by atoms with Gasteiger partial charge in [0.1, 0.15) is 5.56 Å². The number of nitrogens with two attached hydrogens (primary N) is 1. The van der Waals surface area contributed by atoms with Gasteiger partial charge in [0.25, 0.3) is 5.91 Å². The lowest BCUT2D eigenvalue weighted by Crippen LogP contribution is -2.46. The zero-order valence-corrected chi connectivity index (χ0v) is 19.3. The zero-order valence-electron chi connectivity index (χ0n) is 17.2. The number of anilines is 1. The third-order valence-corrected chi connectivity index (χ3v) is 7.25. The minimum Gasteiger partial charge on any atom is -0.365 e. The van der Waals surface area contributed by atoms with Gasteiger partial charge in [0.15, 0.2) is 5.82 Å². The van der Waals surface area contributed by atoms with Crippen molar-refractivity contribution in [1.29, 1.82) is 5.26 Å². The van der Waals surface area contributed by atoms with Crippen LogP contribution in [-0.2, 0) is 16.9 Å². The second-order valence-electron chi connectivity index (χ2n) is 8.39. The van der Waals surface area contributed by atoms with Crippen LogP contribution in [-0.4, -0.2) is 39.6 Å². The van der Waals surface area contributed by atoms with Crippen LogP contribution in [0.3, 0.4) is 0 Å². The molecule has 9 heteroatoms. The number of likely N-dealkylation sites (tertiary alicyclic amines) is 1. The van der Waals surface area contributed by atoms with E-state index in [1.165, 1.54) is 9.13 Å². The van der Waals surface area contributed by atoms with E-state index in [1.54, 1.807) is 10.9 Å². The van der Waals surface area contributed by atoms with Crippen molar-refractivity contribution in [2.45, 2.75) is 44.2 Å². The topological polar surface area (TPSA) is 117 Å². The summed E-state index contributed by atoms with van der Waals surface area (Å²) in [7, 11) is 0. The molecule has 0 radical (unpaired) electrons. The van der Waals surface area contributed by atoms with Gasteiger partial charge in [-0.2, -0.15) is 10.4 Å². The maximum absolute atomic E-state index is 12.2. The van der Waals surface area contributed by atoms with Crippen LogP contribution in [0.25, 0.3) is 0 Å². The molecule has 2 fully saturated rings. The highest BCUT2D eigenvalue weighted by molar-refractivity contribution is 14.1. The Labute approximate surface area is 194 Å². The van der Waals surface area contributed by atoms with Crippen LogP contribution in [0.5, 0.6) is 0 Å². The first kappa shape index (κ1) is 21.8. The largest absolute Gasteiger partial charge is 0.365 e. The van der Waals surface area contributed by atoms with E-state index in [-0.39, 0.29) is 29.6 Å². The molecule has 4 rings (SSSR count). The smallest absolute Gasteiger partial charge is 0.254 e. The van der Waals surface area contributed by atoms with E-state index < -0.39 is 11.4 Å². The fraction of sp³-hybridized carbons (Fsp3) is 0.455. The molecule has 0 spiro atoms. The van der Waals surface area contributed by atoms with E-state index in [9.17, 15) is 14.9 Å². The number of primary amides is 1. The standard InChI is InChI=1S/C22H25IN6O2/c23-18-4-2-1-3-16(18)13-28-11-8-22(7-10-24,9-12-28)29-14-17(19(25)30)20(27-29)26-21(31)15-5-6-15/h1-4,14-15H,5-9,11-13H2,(H2,25,30)(H,26,27,31). The van der Waals surface area contributed by atoms with Crippen molar-refractivity contribution in [1.82, 2.24) is 14.7 Å². The average molecular weight is 532 g/mol. The minimum atomic E-state index is -0.638. The highest BCUT2D eigenvalue weighted by Crippen LogP contribution is 2.36. The summed E-state index contributed by atoms with van der Waals surface area (Å²) in [5, 5.41) is 16.8. The lowest BCUT2D eigenvalue weighted by Gasteiger charge is -2.40. The molecule has 31 heavy (non-hydrogen) atoms. The summed E-state index contributed by atoms with van der Waals surface area (Å²) in [4.78, 5) is 26.6. The van der Waals surface area contributed by atoms with Crippen LogP contribution in [0.1, 0.15) is 48.0 Å². The maximum Gasteiger partial charge on any atom is 0.254 e. The number of amides is 2. The van der Waals surface area contributed by atoms with E-state index >= 15 is 0 Å². The Morgan fingerprint density at radius 1 is 1.29 bits per heavy atom. The molecule has 162 valence electrons. The Morgan fingerprint density at radius 3 is 2.61 bits per heavy atom. The summed E-state index contributed by atoms with van der Waals surface area (Å²) >= 11 is 2.35. The number of carbonyl (C=O) groups is 2. The Kier molecular flexibility index (Phi) is 6.29. The molecule has 2 amide bonds. The van der Waals surface area contributed by atoms with Gasteiger partial charge in [0, 0.05) is 35.3 Å². The van der Waals surface area contributed by atoms with Gasteiger partial charge in [-0.05, 0) is 59.9 Å². The summed E-state index contributed by atoms with van der Waals surface area (Å²) in [5.74, 6) is -0.583. The van der Waals surface area contributed by atoms with Crippen molar-refractivity contribution in [2.75, 3.05) is 18.4 Å². The first-order valence-electron chi connectivity index (χ1n) is 10.5. The van der Waals surface area contributed by atoms with Crippen molar-refractivity contribution < 1.29 is 9.59 Å². The van der Waals surface area contributed by atoms with Gasteiger partial charge in [-0.3, -0.25) is 19.2 Å². The number of hydrogen-bond acceptors (Lipinski definition) is 5. The molecule has 2 aliphatic rings. The van der Waals surface area contributed by atoms with Crippen LogP contribution in [0.2, 0.25) is 0 Å². The van der Waals surface area contributed by atoms with Gasteiger partial charge in [-0.25, -0.2) is 0 Å². The molecular formula is C22H25IN6O2. The van der Waals surface area contributed by atoms with E-state index in [1.807, 2.05) is 12.1 Å². The van der Waals surface area contributed by atoms with Crippen LogP contribution in [0.15, 0.2) is 30.5 Å². The number of rotatable bonds is 7. The summed E-state index contributed by atoms with van der Waals surface area (Å²) in [5.41, 5.74) is 6.50. The number of piperidine rings is 1. The van der Waals surface area contributed by atoms with Gasteiger partial charge in [-0.15, -0.1) is 0 Å². The molecule has 1 aromatic carbocycles. The highest BCUT2D eigenvalue weighted by Gasteiger charge is 2.39. The molecule has 8 nitrogen and oxygen atoms in total. The molecule has 2 heterocycles. The van der Waals surface area contributed by atoms with Gasteiger partial charge in [0.2, 0.25) is 5.91 Å². The SMILES string of the molecule is N#CCC1(n2cc(C(N)=O)c(NC(=O)C3CC3)n2)CCN(Cc2ccccc2I)CC1. The molecule has 1 aliphatic heterocycles. The number of halogens is 1. The van der Waals surface area contributed by atoms with Crippen LogP contribution in [0, 0.1) is 20.8 Å². The first-order valence-corrected chi connectivity index (χ1v) is 11.5. The molecular weight excluding hydrogens is 507 g/mol. The van der Waals surface area contributed by atoms with E-state index in [0.29, 0.717) is 0 Å². The molecule has 1 saturated heterocycles. The van der Waals surface area contributed by atoms with Gasteiger partial charge >= 0.3 is 0 Å². The Hall–Kier alpha value is -2.45. The maximum atomic E-state index is 12.2. The van der Waals surface area contributed by atoms with E-state index in [0.717, 1.165) is 45.3 Å². The van der Waals surface area contributed by atoms with E-state index in [2.05, 4.69) is 56.1 Å². The number of nitrogens with zero attached hydrogens (tertiary/aromatic N) is 4. The second kappa shape index (κ2) is 8.96. The molecule has 2 aromatic rings. The van der Waals surface area contributed by atoms with Crippen molar-refractivity contribution in [3.8, 4) is 6.07 Å². The number of nitriles is 1. The lowest BCUT2D eigenvalue weighted by molar-refractivity contribution is -0.117. The molecule has 1 aromatic heterocycles. The Morgan fingerprint density at radius 2 is 2.00 bits per heavy atom. The molecule has 1 saturated carbocycles. The summed E-state index contributed by atoms with van der Waals surface area (Å²) in [6.45, 7) is 2.47. The quantitative estimate of drug-likeness (QED) is 0.532. The summed E-state index contributed by atoms with van der Waals surface area (Å²) in [6, 6.07) is 10.6. The second-order valence-corrected chi connectivity index (χ2v) is 9.55. The van der Waals surface area contributed by atoms with Crippen molar-refractivity contribution in [2.24, 2.45) is 11.7 Å². The van der Waals surface area contributed by atoms with Crippen molar-refractivity contribution in [3.63, 3.8) is 0 Å². The normalized spacial score (nSPS) is 18.3. The fourth-order valence-corrected chi connectivity index (χ4v) is 4.64. The summed E-state index contributed by atoms with van der Waals surface area (Å²) in [6.07, 6.45) is 5.03. The monoisotopic (exact) mass is 532 g/mol. The van der Waals surface area contributed by atoms with E-state index in [4.69, 9.17) is 5.73 Å². The lowest BCUT2D eigenvalue weighted by atomic mass is 9.84. The molecule has 3 N–H and O–H groups in total. The molecule has 1 aliphatic carbocycles. The number of carbonyl (C=O) groups excluding carboxylic acids is 2. The van der Waals surface area contributed by atoms with Crippen molar-refractivity contribution in [3.05, 3.63) is 45.2 Å². The van der Waals surface area contributed by atoms with Crippen LogP contribution < -0.4 is 11.1 Å². The predicted molar refractivity (Wildman–Crippen MR) is 124 cm³/mol. The third-order valence-electron chi connectivity index (χ3n) is 6.20. The molecule has 0 atom stereocenters. The third kappa shape index (κ3) is 4.75. The Bertz CT molecular complexity index is 1030.